The number of para-hydroxylation sites is 1. The minimum Gasteiger partial charge on any atom is -0.341 e. The van der Waals surface area contributed by atoms with E-state index in [-0.39, 0.29) is 11.8 Å². The summed E-state index contributed by atoms with van der Waals surface area (Å²) in [5.41, 5.74) is 0.801. The Morgan fingerprint density at radius 2 is 1.38 bits per heavy atom. The summed E-state index contributed by atoms with van der Waals surface area (Å²) >= 11 is 1.16. The van der Waals surface area contributed by atoms with E-state index in [1.54, 1.807) is 4.68 Å². The molecule has 0 unspecified atom stereocenters. The zero-order valence-electron chi connectivity index (χ0n) is 16.4. The van der Waals surface area contributed by atoms with Gasteiger partial charge in [0.15, 0.2) is 5.25 Å². The number of nitrogens with zero attached hydrogens (tertiary/aromatic N) is 6. The highest BCUT2D eigenvalue weighted by atomic mass is 32.2. The van der Waals surface area contributed by atoms with E-state index in [2.05, 4.69) is 15.5 Å². The fraction of sp³-hybridized carbons (Fsp3) is 0.550. The van der Waals surface area contributed by atoms with E-state index in [0.717, 1.165) is 56.0 Å². The average Bonchev–Trinajstić information content (AvgIpc) is 3.27. The predicted octanol–water partition coefficient (Wildman–Crippen LogP) is 2.15. The molecule has 4 rings (SSSR count). The highest BCUT2D eigenvalue weighted by molar-refractivity contribution is 8.01. The first-order chi connectivity index (χ1) is 14.2. The normalized spacial score (nSPS) is 17.6. The predicted molar refractivity (Wildman–Crippen MR) is 110 cm³/mol. The number of rotatable bonds is 5. The zero-order valence-corrected chi connectivity index (χ0v) is 17.3. The lowest BCUT2D eigenvalue weighted by atomic mass is 10.1. The minimum absolute atomic E-state index is 0.118. The lowest BCUT2D eigenvalue weighted by Gasteiger charge is -2.33. The first kappa shape index (κ1) is 19.9. The van der Waals surface area contributed by atoms with Gasteiger partial charge in [0.1, 0.15) is 0 Å². The Hall–Kier alpha value is -2.42. The maximum Gasteiger partial charge on any atom is 0.245 e. The second kappa shape index (κ2) is 9.39. The van der Waals surface area contributed by atoms with Crippen LogP contribution in [0.5, 0.6) is 0 Å². The number of thioether (sulfide) groups is 1. The summed E-state index contributed by atoms with van der Waals surface area (Å²) in [6.45, 7) is 2.86. The van der Waals surface area contributed by atoms with E-state index in [0.29, 0.717) is 31.3 Å². The van der Waals surface area contributed by atoms with Crippen LogP contribution in [-0.2, 0) is 9.59 Å². The third-order valence-electron chi connectivity index (χ3n) is 5.45. The Balaban J connectivity index is 1.59. The van der Waals surface area contributed by atoms with Crippen LogP contribution in [0.2, 0.25) is 0 Å². The summed E-state index contributed by atoms with van der Waals surface area (Å²) in [7, 11) is 0. The summed E-state index contributed by atoms with van der Waals surface area (Å²) in [5.74, 6) is -0.235. The van der Waals surface area contributed by atoms with Gasteiger partial charge in [-0.1, -0.05) is 30.0 Å². The van der Waals surface area contributed by atoms with E-state index < -0.39 is 5.25 Å². The highest BCUT2D eigenvalue weighted by Gasteiger charge is 2.37. The fourth-order valence-corrected chi connectivity index (χ4v) is 4.89. The van der Waals surface area contributed by atoms with Crippen LogP contribution in [0, 0.1) is 0 Å². The Morgan fingerprint density at radius 1 is 0.828 bits per heavy atom. The summed E-state index contributed by atoms with van der Waals surface area (Å²) in [4.78, 5) is 30.3. The van der Waals surface area contributed by atoms with Gasteiger partial charge in [0.25, 0.3) is 0 Å². The summed E-state index contributed by atoms with van der Waals surface area (Å²) in [5, 5.41) is 11.6. The van der Waals surface area contributed by atoms with Gasteiger partial charge < -0.3 is 9.80 Å². The van der Waals surface area contributed by atoms with Gasteiger partial charge in [0.05, 0.1) is 5.69 Å². The molecule has 9 heteroatoms. The maximum absolute atomic E-state index is 13.3. The van der Waals surface area contributed by atoms with Crippen LogP contribution < -0.4 is 0 Å². The molecule has 3 heterocycles. The monoisotopic (exact) mass is 414 g/mol. The van der Waals surface area contributed by atoms with Crippen molar-refractivity contribution in [1.29, 1.82) is 0 Å². The Bertz CT molecular complexity index is 801. The number of benzene rings is 1. The molecule has 2 saturated heterocycles. The molecule has 2 aromatic rings. The van der Waals surface area contributed by atoms with Crippen molar-refractivity contribution in [3.8, 4) is 5.69 Å². The number of tetrazole rings is 1. The molecule has 2 aliphatic heterocycles. The minimum atomic E-state index is -0.848. The first-order valence-electron chi connectivity index (χ1n) is 10.3. The Labute approximate surface area is 174 Å². The lowest BCUT2D eigenvalue weighted by Crippen LogP contribution is -2.50. The van der Waals surface area contributed by atoms with Crippen molar-refractivity contribution in [3.05, 3.63) is 30.3 Å². The summed E-state index contributed by atoms with van der Waals surface area (Å²) in [6.07, 6.45) is 6.22. The van der Waals surface area contributed by atoms with Crippen LogP contribution in [-0.4, -0.2) is 73.3 Å². The van der Waals surface area contributed by atoms with Gasteiger partial charge in [0.2, 0.25) is 17.0 Å². The molecule has 0 saturated carbocycles. The standard InChI is InChI=1S/C20H26N6O2S/c27-18(24-12-6-2-7-13-24)17(19(28)25-14-8-3-9-15-25)29-20-21-22-23-26(20)16-10-4-1-5-11-16/h1,4-5,10-11,17H,2-3,6-9,12-15H2. The number of amides is 2. The summed E-state index contributed by atoms with van der Waals surface area (Å²) < 4.78 is 1.59. The zero-order chi connectivity index (χ0) is 20.1. The van der Waals surface area contributed by atoms with Crippen molar-refractivity contribution >= 4 is 23.6 Å². The van der Waals surface area contributed by atoms with Gasteiger partial charge >= 0.3 is 0 Å². The molecule has 2 amide bonds. The first-order valence-corrected chi connectivity index (χ1v) is 11.2. The fourth-order valence-electron chi connectivity index (χ4n) is 3.86. The third kappa shape index (κ3) is 4.60. The number of aromatic nitrogens is 4. The van der Waals surface area contributed by atoms with Crippen molar-refractivity contribution < 1.29 is 9.59 Å². The van der Waals surface area contributed by atoms with Crippen LogP contribution in [0.1, 0.15) is 38.5 Å². The van der Waals surface area contributed by atoms with E-state index >= 15 is 0 Å². The molecule has 2 fully saturated rings. The average molecular weight is 415 g/mol. The lowest BCUT2D eigenvalue weighted by molar-refractivity contribution is -0.140. The molecular weight excluding hydrogens is 388 g/mol. The Kier molecular flexibility index (Phi) is 6.43. The smallest absolute Gasteiger partial charge is 0.245 e. The van der Waals surface area contributed by atoms with Gasteiger partial charge in [-0.05, 0) is 61.1 Å². The molecular formula is C20H26N6O2S. The van der Waals surface area contributed by atoms with Crippen LogP contribution in [0.25, 0.3) is 5.69 Å². The second-order valence-electron chi connectivity index (χ2n) is 7.48. The van der Waals surface area contributed by atoms with Crippen molar-refractivity contribution in [2.24, 2.45) is 0 Å². The topological polar surface area (TPSA) is 84.2 Å². The van der Waals surface area contributed by atoms with E-state index in [9.17, 15) is 9.59 Å². The van der Waals surface area contributed by atoms with Crippen LogP contribution in [0.4, 0.5) is 0 Å². The largest absolute Gasteiger partial charge is 0.341 e. The molecule has 154 valence electrons. The number of carbonyl (C=O) groups is 2. The number of hydrogen-bond donors (Lipinski definition) is 0. The quantitative estimate of drug-likeness (QED) is 0.551. The Morgan fingerprint density at radius 3 is 1.93 bits per heavy atom. The van der Waals surface area contributed by atoms with Crippen molar-refractivity contribution in [1.82, 2.24) is 30.0 Å². The van der Waals surface area contributed by atoms with Crippen molar-refractivity contribution in [2.45, 2.75) is 48.9 Å². The number of likely N-dealkylation sites (tertiary alicyclic amines) is 2. The second-order valence-corrected chi connectivity index (χ2v) is 8.55. The van der Waals surface area contributed by atoms with E-state index in [1.807, 2.05) is 40.1 Å². The highest BCUT2D eigenvalue weighted by Crippen LogP contribution is 2.28. The maximum atomic E-state index is 13.3. The van der Waals surface area contributed by atoms with Gasteiger partial charge in [0, 0.05) is 26.2 Å². The molecule has 1 aromatic heterocycles. The molecule has 0 bridgehead atoms. The molecule has 8 nitrogen and oxygen atoms in total. The molecule has 1 aromatic carbocycles. The number of piperidine rings is 2. The van der Waals surface area contributed by atoms with Crippen LogP contribution in [0.15, 0.2) is 35.5 Å². The third-order valence-corrected chi connectivity index (χ3v) is 6.55. The van der Waals surface area contributed by atoms with Crippen LogP contribution >= 0.6 is 11.8 Å². The molecule has 2 aliphatic rings. The van der Waals surface area contributed by atoms with Gasteiger partial charge in [-0.3, -0.25) is 9.59 Å². The molecule has 0 atom stereocenters. The SMILES string of the molecule is O=C(C(Sc1nnnn1-c1ccccc1)C(=O)N1CCCCC1)N1CCCCC1. The van der Waals surface area contributed by atoms with Gasteiger partial charge in [-0.25, -0.2) is 0 Å². The molecule has 29 heavy (non-hydrogen) atoms. The van der Waals surface area contributed by atoms with Crippen LogP contribution in [0.3, 0.4) is 0 Å². The van der Waals surface area contributed by atoms with Gasteiger partial charge in [-0.15, -0.1) is 5.10 Å². The van der Waals surface area contributed by atoms with Crippen molar-refractivity contribution in [2.75, 3.05) is 26.2 Å². The molecule has 0 spiro atoms. The van der Waals surface area contributed by atoms with E-state index in [4.69, 9.17) is 0 Å². The molecule has 0 aliphatic carbocycles. The number of carbonyl (C=O) groups excluding carboxylic acids is 2. The van der Waals surface area contributed by atoms with Crippen molar-refractivity contribution in [3.63, 3.8) is 0 Å². The summed E-state index contributed by atoms with van der Waals surface area (Å²) in [6, 6.07) is 9.52. The van der Waals surface area contributed by atoms with E-state index in [1.165, 1.54) is 0 Å². The number of hydrogen-bond acceptors (Lipinski definition) is 6. The molecule has 0 N–H and O–H groups in total. The molecule has 0 radical (unpaired) electrons. The van der Waals surface area contributed by atoms with Gasteiger partial charge in [-0.2, -0.15) is 4.68 Å².